The summed E-state index contributed by atoms with van der Waals surface area (Å²) < 4.78 is 33.9. The number of phosphoric acid groups is 1. The average molecular weight is 834 g/mol. The molecule has 0 amide bonds. The molecule has 0 heterocycles. The Morgan fingerprint density at radius 2 is 0.983 bits per heavy atom. The van der Waals surface area contributed by atoms with E-state index < -0.39 is 32.5 Å². The highest BCUT2D eigenvalue weighted by Gasteiger charge is 2.21. The van der Waals surface area contributed by atoms with Gasteiger partial charge >= 0.3 is 11.9 Å². The topological polar surface area (TPSA) is 111 Å². The van der Waals surface area contributed by atoms with Gasteiger partial charge < -0.3 is 27.9 Å². The Labute approximate surface area is 355 Å². The van der Waals surface area contributed by atoms with E-state index in [1.807, 2.05) is 21.1 Å². The quantitative estimate of drug-likeness (QED) is 0.0197. The summed E-state index contributed by atoms with van der Waals surface area (Å²) in [5.41, 5.74) is 0. The van der Waals surface area contributed by atoms with E-state index in [4.69, 9.17) is 18.5 Å². The maximum atomic E-state index is 12.7. The van der Waals surface area contributed by atoms with E-state index >= 15 is 0 Å². The van der Waals surface area contributed by atoms with Crippen LogP contribution < -0.4 is 4.89 Å². The highest BCUT2D eigenvalue weighted by molar-refractivity contribution is 7.45. The highest BCUT2D eigenvalue weighted by Crippen LogP contribution is 2.38. The third-order valence-electron chi connectivity index (χ3n) is 9.21. The summed E-state index contributed by atoms with van der Waals surface area (Å²) in [7, 11) is 1.13. The lowest BCUT2D eigenvalue weighted by atomic mass is 10.1. The molecule has 0 saturated heterocycles. The molecule has 0 rings (SSSR count). The van der Waals surface area contributed by atoms with Gasteiger partial charge in [0.2, 0.25) is 0 Å². The number of allylic oxidation sites excluding steroid dienone is 12. The lowest BCUT2D eigenvalue weighted by molar-refractivity contribution is -0.870. The zero-order valence-electron chi connectivity index (χ0n) is 37.5. The van der Waals surface area contributed by atoms with Crippen molar-refractivity contribution in [3.63, 3.8) is 0 Å². The minimum absolute atomic E-state index is 0.0424. The molecule has 0 N–H and O–H groups in total. The molecule has 0 aromatic rings. The number of quaternary nitrogens is 1. The fraction of sp³-hybridized carbons (Fsp3) is 0.708. The number of carbonyl (C=O) groups excluding carboxylic acids is 2. The average Bonchev–Trinajstić information content (AvgIpc) is 3.17. The van der Waals surface area contributed by atoms with Gasteiger partial charge in [0, 0.05) is 12.8 Å². The molecule has 58 heavy (non-hydrogen) atoms. The largest absolute Gasteiger partial charge is 0.756 e. The molecule has 2 atom stereocenters. The molecule has 1 unspecified atom stereocenters. The first-order valence-corrected chi connectivity index (χ1v) is 24.1. The fourth-order valence-corrected chi connectivity index (χ4v) is 6.40. The van der Waals surface area contributed by atoms with Crippen molar-refractivity contribution in [3.05, 3.63) is 72.9 Å². The van der Waals surface area contributed by atoms with Crippen LogP contribution in [-0.4, -0.2) is 70.0 Å². The molecule has 0 spiro atoms. The number of nitrogens with zero attached hydrogens (tertiary/aromatic N) is 1. The predicted octanol–water partition coefficient (Wildman–Crippen LogP) is 12.4. The number of rotatable bonds is 40. The predicted molar refractivity (Wildman–Crippen MR) is 240 cm³/mol. The summed E-state index contributed by atoms with van der Waals surface area (Å²) in [5.74, 6) is -0.887. The summed E-state index contributed by atoms with van der Waals surface area (Å²) in [5, 5.41) is 0. The van der Waals surface area contributed by atoms with E-state index in [1.54, 1.807) is 0 Å². The van der Waals surface area contributed by atoms with Crippen LogP contribution in [0, 0.1) is 0 Å². The Balaban J connectivity index is 4.44. The SMILES string of the molecule is CC/C=C\C/C=C\C/C=C\C/C=C\C/C=C\CCCCCC(=O)O[C@H](COC(=O)CCCCCCC/C=C\CCCCCCCC)COP(=O)([O-])OCC[N+](C)(C)C. The van der Waals surface area contributed by atoms with Crippen LogP contribution in [-0.2, 0) is 32.7 Å². The molecule has 0 aromatic heterocycles. The second-order valence-corrected chi connectivity index (χ2v) is 17.4. The minimum atomic E-state index is -4.64. The summed E-state index contributed by atoms with van der Waals surface area (Å²) >= 11 is 0. The maximum absolute atomic E-state index is 12.7. The number of unbranched alkanes of at least 4 members (excludes halogenated alkanes) is 14. The number of hydrogen-bond donors (Lipinski definition) is 0. The summed E-state index contributed by atoms with van der Waals surface area (Å²) in [6.07, 6.45) is 49.3. The molecule has 0 aromatic carbocycles. The lowest BCUT2D eigenvalue weighted by Gasteiger charge is -2.28. The Morgan fingerprint density at radius 1 is 0.552 bits per heavy atom. The Hall–Kier alpha value is -2.55. The second kappa shape index (κ2) is 39.9. The Morgan fingerprint density at radius 3 is 1.50 bits per heavy atom. The first-order valence-electron chi connectivity index (χ1n) is 22.6. The van der Waals surface area contributed by atoms with Crippen molar-refractivity contribution >= 4 is 19.8 Å². The van der Waals surface area contributed by atoms with Gasteiger partial charge in [-0.25, -0.2) is 0 Å². The van der Waals surface area contributed by atoms with Crippen LogP contribution in [0.3, 0.4) is 0 Å². The van der Waals surface area contributed by atoms with Gasteiger partial charge in [-0.2, -0.15) is 0 Å². The van der Waals surface area contributed by atoms with Gasteiger partial charge in [-0.05, 0) is 83.5 Å². The standard InChI is InChI=1S/C48H84NO8P/c1-6-8-10-12-14-16-18-20-22-23-24-25-27-29-31-33-35-37-39-41-48(51)57-46(45-56-58(52,53)55-43-42-49(3,4)5)44-54-47(50)40-38-36-34-32-30-28-26-21-19-17-15-13-11-9-7-2/h8,10,14,16,20-22,24-26,29,31,46H,6-7,9,11-13,15,17-19,23,27-28,30,32-45H2,1-5H3/b10-8-,16-14-,22-20-,25-24-,26-21-,31-29-/t46-/m1/s1. The van der Waals surface area contributed by atoms with Gasteiger partial charge in [-0.1, -0.05) is 145 Å². The van der Waals surface area contributed by atoms with Crippen LogP contribution in [0.1, 0.15) is 168 Å². The monoisotopic (exact) mass is 834 g/mol. The molecule has 334 valence electrons. The normalized spacial score (nSPS) is 14.2. The zero-order valence-corrected chi connectivity index (χ0v) is 38.4. The van der Waals surface area contributed by atoms with Crippen molar-refractivity contribution in [2.45, 2.75) is 174 Å². The second-order valence-electron chi connectivity index (χ2n) is 16.0. The van der Waals surface area contributed by atoms with E-state index in [-0.39, 0.29) is 26.1 Å². The van der Waals surface area contributed by atoms with E-state index in [1.165, 1.54) is 44.9 Å². The highest BCUT2D eigenvalue weighted by atomic mass is 31.2. The van der Waals surface area contributed by atoms with Crippen LogP contribution in [0.25, 0.3) is 0 Å². The molecule has 0 saturated carbocycles. The van der Waals surface area contributed by atoms with Crippen molar-refractivity contribution in [2.24, 2.45) is 0 Å². The number of esters is 2. The van der Waals surface area contributed by atoms with Gasteiger partial charge in [-0.3, -0.25) is 14.2 Å². The Bertz CT molecular complexity index is 1220. The summed E-state index contributed by atoms with van der Waals surface area (Å²) in [6, 6.07) is 0. The van der Waals surface area contributed by atoms with Crippen molar-refractivity contribution in [3.8, 4) is 0 Å². The van der Waals surface area contributed by atoms with Crippen molar-refractivity contribution in [2.75, 3.05) is 47.5 Å². The summed E-state index contributed by atoms with van der Waals surface area (Å²) in [6.45, 7) is 4.04. The number of carbonyl (C=O) groups is 2. The molecule has 9 nitrogen and oxygen atoms in total. The molecule has 0 fully saturated rings. The van der Waals surface area contributed by atoms with Crippen molar-refractivity contribution < 1.29 is 42.1 Å². The molecule has 0 aliphatic heterocycles. The van der Waals surface area contributed by atoms with Crippen LogP contribution in [0.5, 0.6) is 0 Å². The number of likely N-dealkylation sites (N-methyl/N-ethyl adjacent to an activating group) is 1. The number of phosphoric ester groups is 1. The fourth-order valence-electron chi connectivity index (χ4n) is 5.67. The van der Waals surface area contributed by atoms with Crippen molar-refractivity contribution in [1.29, 1.82) is 0 Å². The minimum Gasteiger partial charge on any atom is -0.756 e. The van der Waals surface area contributed by atoms with Gasteiger partial charge in [0.1, 0.15) is 19.8 Å². The van der Waals surface area contributed by atoms with Crippen LogP contribution in [0.2, 0.25) is 0 Å². The number of ether oxygens (including phenoxy) is 2. The number of hydrogen-bond acceptors (Lipinski definition) is 8. The smallest absolute Gasteiger partial charge is 0.306 e. The van der Waals surface area contributed by atoms with Gasteiger partial charge in [0.15, 0.2) is 6.10 Å². The lowest BCUT2D eigenvalue weighted by Crippen LogP contribution is -2.37. The van der Waals surface area contributed by atoms with E-state index in [2.05, 4.69) is 86.8 Å². The Kier molecular flexibility index (Phi) is 38.1. The van der Waals surface area contributed by atoms with E-state index in [9.17, 15) is 19.0 Å². The molecular formula is C48H84NO8P. The van der Waals surface area contributed by atoms with Crippen molar-refractivity contribution in [1.82, 2.24) is 0 Å². The van der Waals surface area contributed by atoms with Crippen LogP contribution in [0.15, 0.2) is 72.9 Å². The van der Waals surface area contributed by atoms with Crippen LogP contribution in [0.4, 0.5) is 0 Å². The third-order valence-corrected chi connectivity index (χ3v) is 10.2. The zero-order chi connectivity index (χ0) is 42.8. The molecular weight excluding hydrogens is 750 g/mol. The van der Waals surface area contributed by atoms with Gasteiger partial charge in [0.25, 0.3) is 7.82 Å². The molecule has 0 radical (unpaired) electrons. The van der Waals surface area contributed by atoms with E-state index in [0.29, 0.717) is 23.9 Å². The first kappa shape index (κ1) is 55.5. The van der Waals surface area contributed by atoms with Crippen LogP contribution >= 0.6 is 7.82 Å². The van der Waals surface area contributed by atoms with E-state index in [0.717, 1.165) is 83.5 Å². The molecule has 0 bridgehead atoms. The van der Waals surface area contributed by atoms with Gasteiger partial charge in [0.05, 0.1) is 27.7 Å². The molecule has 0 aliphatic rings. The van der Waals surface area contributed by atoms with Gasteiger partial charge in [-0.15, -0.1) is 0 Å². The first-order chi connectivity index (χ1) is 28.0. The third kappa shape index (κ3) is 43.0. The molecule has 10 heteroatoms. The molecule has 0 aliphatic carbocycles. The summed E-state index contributed by atoms with van der Waals surface area (Å²) in [4.78, 5) is 37.6. The maximum Gasteiger partial charge on any atom is 0.306 e.